The number of benzene rings is 2. The molecular formula is C23H27N2O4-. The molecule has 1 N–H and O–H groups in total. The van der Waals surface area contributed by atoms with Crippen molar-refractivity contribution in [3.8, 4) is 0 Å². The van der Waals surface area contributed by atoms with Gasteiger partial charge in [0.25, 0.3) is 0 Å². The van der Waals surface area contributed by atoms with Gasteiger partial charge in [-0.3, -0.25) is 4.79 Å². The number of aldehydes is 1. The molecule has 0 saturated carbocycles. The number of hydrogen-bond acceptors (Lipinski definition) is 4. The first kappa shape index (κ1) is 22.1. The van der Waals surface area contributed by atoms with Crippen LogP contribution in [-0.4, -0.2) is 35.3 Å². The number of nitrogens with zero attached hydrogens (tertiary/aromatic N) is 1. The van der Waals surface area contributed by atoms with Crippen LogP contribution in [0, 0.1) is 5.92 Å². The first-order valence-electron chi connectivity index (χ1n) is 9.71. The van der Waals surface area contributed by atoms with Crippen molar-refractivity contribution in [2.24, 2.45) is 5.92 Å². The van der Waals surface area contributed by atoms with Crippen molar-refractivity contribution in [3.05, 3.63) is 71.8 Å². The summed E-state index contributed by atoms with van der Waals surface area (Å²) >= 11 is 0. The Bertz CT molecular complexity index is 793. The molecule has 0 fully saturated rings. The van der Waals surface area contributed by atoms with E-state index in [1.165, 1.54) is 0 Å². The van der Waals surface area contributed by atoms with Gasteiger partial charge in [-0.1, -0.05) is 74.5 Å². The van der Waals surface area contributed by atoms with E-state index in [0.717, 1.165) is 16.0 Å². The molecule has 2 unspecified atom stereocenters. The summed E-state index contributed by atoms with van der Waals surface area (Å²) in [5.74, 6) is -0.418. The van der Waals surface area contributed by atoms with Crippen LogP contribution < -0.4 is 10.4 Å². The molecule has 2 aromatic carbocycles. The zero-order valence-corrected chi connectivity index (χ0v) is 16.8. The van der Waals surface area contributed by atoms with Crippen molar-refractivity contribution < 1.29 is 19.5 Å². The third-order valence-corrected chi connectivity index (χ3v) is 4.59. The second-order valence-electron chi connectivity index (χ2n) is 7.47. The number of carbonyl (C=O) groups is 3. The predicted octanol–water partition coefficient (Wildman–Crippen LogP) is 2.17. The van der Waals surface area contributed by atoms with Crippen LogP contribution >= 0.6 is 0 Å². The Balaban J connectivity index is 2.17. The van der Waals surface area contributed by atoms with Gasteiger partial charge in [0, 0.05) is 6.54 Å². The first-order valence-corrected chi connectivity index (χ1v) is 9.71. The molecule has 2 amide bonds. The van der Waals surface area contributed by atoms with E-state index in [1.54, 1.807) is 12.1 Å². The lowest BCUT2D eigenvalue weighted by Crippen LogP contribution is -2.55. The Kier molecular flexibility index (Phi) is 8.40. The highest BCUT2D eigenvalue weighted by Gasteiger charge is 2.28. The molecule has 6 nitrogen and oxygen atoms in total. The standard InChI is InChI=1S/C23H28N2O4/c1-17(2)13-21(25(23(28)29)15-19-11-7-4-8-12-19)22(27)24-20(16-26)14-18-9-5-3-6-10-18/h3-12,16-17,20-21H,13-15H2,1-2H3,(H,24,27)(H,28,29)/p-1. The molecule has 0 heterocycles. The number of nitrogens with one attached hydrogen (secondary N) is 1. The first-order chi connectivity index (χ1) is 13.9. The average Bonchev–Trinajstić information content (AvgIpc) is 2.71. The average molecular weight is 395 g/mol. The van der Waals surface area contributed by atoms with E-state index >= 15 is 0 Å². The van der Waals surface area contributed by atoms with Crippen LogP contribution in [0.5, 0.6) is 0 Å². The number of rotatable bonds is 10. The van der Waals surface area contributed by atoms with Crippen molar-refractivity contribution >= 4 is 18.3 Å². The third-order valence-electron chi connectivity index (χ3n) is 4.59. The molecule has 0 spiro atoms. The maximum atomic E-state index is 13.0. The lowest BCUT2D eigenvalue weighted by Gasteiger charge is -2.34. The fourth-order valence-electron chi connectivity index (χ4n) is 3.18. The van der Waals surface area contributed by atoms with Crippen LogP contribution in [0.3, 0.4) is 0 Å². The molecule has 154 valence electrons. The zero-order chi connectivity index (χ0) is 21.2. The minimum atomic E-state index is -1.42. The molecule has 0 aliphatic rings. The second kappa shape index (κ2) is 11.0. The molecule has 0 bridgehead atoms. The fraction of sp³-hybridized carbons (Fsp3) is 0.348. The third kappa shape index (κ3) is 7.07. The van der Waals surface area contributed by atoms with Gasteiger partial charge in [0.2, 0.25) is 5.91 Å². The van der Waals surface area contributed by atoms with Crippen LogP contribution in [0.2, 0.25) is 0 Å². The quantitative estimate of drug-likeness (QED) is 0.625. The summed E-state index contributed by atoms with van der Waals surface area (Å²) in [4.78, 5) is 37.4. The molecule has 2 aromatic rings. The van der Waals surface area contributed by atoms with Crippen LogP contribution in [0.25, 0.3) is 0 Å². The maximum Gasteiger partial charge on any atom is 0.243 e. The van der Waals surface area contributed by atoms with Gasteiger partial charge in [-0.05, 0) is 29.9 Å². The van der Waals surface area contributed by atoms with E-state index in [9.17, 15) is 19.5 Å². The summed E-state index contributed by atoms with van der Waals surface area (Å²) in [5.41, 5.74) is 1.67. The van der Waals surface area contributed by atoms with Crippen molar-refractivity contribution in [1.82, 2.24) is 10.2 Å². The van der Waals surface area contributed by atoms with Crippen molar-refractivity contribution in [2.45, 2.75) is 45.3 Å². The maximum absolute atomic E-state index is 13.0. The lowest BCUT2D eigenvalue weighted by molar-refractivity contribution is -0.268. The second-order valence-corrected chi connectivity index (χ2v) is 7.47. The summed E-state index contributed by atoms with van der Waals surface area (Å²) in [5, 5.41) is 14.5. The molecule has 0 aliphatic carbocycles. The van der Waals surface area contributed by atoms with Crippen LogP contribution in [-0.2, 0) is 22.6 Å². The van der Waals surface area contributed by atoms with Gasteiger partial charge in [-0.2, -0.15) is 0 Å². The smallest absolute Gasteiger partial charge is 0.243 e. The van der Waals surface area contributed by atoms with Crippen molar-refractivity contribution in [3.63, 3.8) is 0 Å². The minimum absolute atomic E-state index is 0.0401. The van der Waals surface area contributed by atoms with Gasteiger partial charge in [-0.25, -0.2) is 0 Å². The fourth-order valence-corrected chi connectivity index (χ4v) is 3.18. The summed E-state index contributed by atoms with van der Waals surface area (Å²) < 4.78 is 0. The van der Waals surface area contributed by atoms with Crippen LogP contribution in [0.1, 0.15) is 31.4 Å². The van der Waals surface area contributed by atoms with Crippen molar-refractivity contribution in [2.75, 3.05) is 0 Å². The highest BCUT2D eigenvalue weighted by Crippen LogP contribution is 2.16. The summed E-state index contributed by atoms with van der Waals surface area (Å²) in [6.07, 6.45) is -0.0731. The largest absolute Gasteiger partial charge is 0.530 e. The van der Waals surface area contributed by atoms with Gasteiger partial charge in [0.05, 0.1) is 6.04 Å². The van der Waals surface area contributed by atoms with E-state index in [-0.39, 0.29) is 12.5 Å². The van der Waals surface area contributed by atoms with E-state index in [4.69, 9.17) is 0 Å². The summed E-state index contributed by atoms with van der Waals surface area (Å²) in [6, 6.07) is 16.7. The number of carboxylic acid groups (broad SMARTS) is 1. The monoisotopic (exact) mass is 395 g/mol. The number of amides is 2. The molecule has 29 heavy (non-hydrogen) atoms. The Hall–Kier alpha value is -3.15. The SMILES string of the molecule is CC(C)CC(C(=O)NC(C=O)Cc1ccccc1)N(Cc1ccccc1)C(=O)[O-]. The Morgan fingerprint density at radius 1 is 1.00 bits per heavy atom. The summed E-state index contributed by atoms with van der Waals surface area (Å²) in [6.45, 7) is 3.87. The van der Waals surface area contributed by atoms with Gasteiger partial charge < -0.3 is 24.9 Å². The van der Waals surface area contributed by atoms with Crippen molar-refractivity contribution in [1.29, 1.82) is 0 Å². The van der Waals surface area contributed by atoms with E-state index in [0.29, 0.717) is 19.1 Å². The molecule has 0 radical (unpaired) electrons. The summed E-state index contributed by atoms with van der Waals surface area (Å²) in [7, 11) is 0. The highest BCUT2D eigenvalue weighted by molar-refractivity contribution is 5.87. The number of carbonyl (C=O) groups excluding carboxylic acids is 3. The molecular weight excluding hydrogens is 368 g/mol. The molecule has 0 aromatic heterocycles. The van der Waals surface area contributed by atoms with Gasteiger partial charge >= 0.3 is 0 Å². The van der Waals surface area contributed by atoms with Crippen LogP contribution in [0.4, 0.5) is 4.79 Å². The number of hydrogen-bond donors (Lipinski definition) is 1. The Morgan fingerprint density at radius 2 is 1.55 bits per heavy atom. The van der Waals surface area contributed by atoms with E-state index < -0.39 is 24.1 Å². The molecule has 2 rings (SSSR count). The topological polar surface area (TPSA) is 89.5 Å². The molecule has 6 heteroatoms. The minimum Gasteiger partial charge on any atom is -0.530 e. The molecule has 0 saturated heterocycles. The zero-order valence-electron chi connectivity index (χ0n) is 16.8. The molecule has 0 aliphatic heterocycles. The van der Waals surface area contributed by atoms with E-state index in [1.807, 2.05) is 62.4 Å². The van der Waals surface area contributed by atoms with Gasteiger partial charge in [-0.15, -0.1) is 0 Å². The lowest BCUT2D eigenvalue weighted by atomic mass is 10.00. The van der Waals surface area contributed by atoms with E-state index in [2.05, 4.69) is 5.32 Å². The Morgan fingerprint density at radius 3 is 2.03 bits per heavy atom. The predicted molar refractivity (Wildman–Crippen MR) is 109 cm³/mol. The van der Waals surface area contributed by atoms with Gasteiger partial charge in [0.1, 0.15) is 18.4 Å². The highest BCUT2D eigenvalue weighted by atomic mass is 16.4. The normalized spacial score (nSPS) is 12.8. The molecule has 2 atom stereocenters. The van der Waals surface area contributed by atoms with Crippen LogP contribution in [0.15, 0.2) is 60.7 Å². The Labute approximate surface area is 171 Å². The van der Waals surface area contributed by atoms with Gasteiger partial charge in [0.15, 0.2) is 0 Å².